The van der Waals surface area contributed by atoms with Gasteiger partial charge in [0, 0.05) is 33.2 Å². The van der Waals surface area contributed by atoms with Gasteiger partial charge >= 0.3 is 0 Å². The van der Waals surface area contributed by atoms with Gasteiger partial charge in [0.05, 0.1) is 27.8 Å². The van der Waals surface area contributed by atoms with Crippen LogP contribution < -0.4 is 0 Å². The minimum atomic E-state index is -0.476. The van der Waals surface area contributed by atoms with Crippen molar-refractivity contribution >= 4 is 54.1 Å². The Bertz CT molecular complexity index is 4520. The molecule has 0 fully saturated rings. The minimum Gasteiger partial charge on any atom is -0.309 e. The molecular formula is C71H43N3. The zero-order valence-corrected chi connectivity index (χ0v) is 40.2. The van der Waals surface area contributed by atoms with Crippen LogP contribution in [0, 0.1) is 0 Å². The van der Waals surface area contributed by atoms with Crippen molar-refractivity contribution in [3.05, 3.63) is 283 Å². The molecule has 0 saturated heterocycles. The third-order valence-corrected chi connectivity index (χ3v) is 16.2. The molecule has 0 amide bonds. The van der Waals surface area contributed by atoms with Crippen molar-refractivity contribution in [1.82, 2.24) is 14.5 Å². The molecule has 1 spiro atoms. The lowest BCUT2D eigenvalue weighted by atomic mass is 9.70. The fraction of sp³-hybridized carbons (Fsp3) is 0.0141. The van der Waals surface area contributed by atoms with Crippen molar-refractivity contribution in [2.75, 3.05) is 0 Å². The van der Waals surface area contributed by atoms with E-state index >= 15 is 0 Å². The van der Waals surface area contributed by atoms with E-state index in [1.165, 1.54) is 87.6 Å². The molecule has 2 heterocycles. The average Bonchev–Trinajstić information content (AvgIpc) is 4.11. The Morgan fingerprint density at radius 3 is 1.30 bits per heavy atom. The van der Waals surface area contributed by atoms with E-state index in [0.717, 1.165) is 55.9 Å². The van der Waals surface area contributed by atoms with Crippen molar-refractivity contribution in [1.29, 1.82) is 0 Å². The first kappa shape index (κ1) is 41.0. The second-order valence-corrected chi connectivity index (χ2v) is 20.0. The van der Waals surface area contributed by atoms with Crippen LogP contribution in [-0.4, -0.2) is 14.5 Å². The number of benzene rings is 12. The summed E-state index contributed by atoms with van der Waals surface area (Å²) in [5, 5.41) is 9.97. The van der Waals surface area contributed by atoms with Crippen LogP contribution in [0.1, 0.15) is 22.3 Å². The quantitative estimate of drug-likeness (QED) is 0.161. The van der Waals surface area contributed by atoms with E-state index in [1.807, 2.05) is 0 Å². The highest BCUT2D eigenvalue weighted by molar-refractivity contribution is 6.25. The lowest BCUT2D eigenvalue weighted by Gasteiger charge is -2.30. The molecule has 16 rings (SSSR count). The molecule has 0 atom stereocenters. The van der Waals surface area contributed by atoms with Crippen molar-refractivity contribution in [2.45, 2.75) is 5.41 Å². The predicted octanol–water partition coefficient (Wildman–Crippen LogP) is 18.0. The van der Waals surface area contributed by atoms with Gasteiger partial charge in [0.2, 0.25) is 0 Å². The van der Waals surface area contributed by atoms with E-state index in [-0.39, 0.29) is 0 Å². The number of hydrogen-bond acceptors (Lipinski definition) is 2. The van der Waals surface area contributed by atoms with Crippen molar-refractivity contribution < 1.29 is 0 Å². The van der Waals surface area contributed by atoms with E-state index < -0.39 is 5.41 Å². The Balaban J connectivity index is 0.952. The number of nitrogens with zero attached hydrogens (tertiary/aromatic N) is 3. The first-order valence-corrected chi connectivity index (χ1v) is 25.6. The maximum absolute atomic E-state index is 5.52. The number of para-hydroxylation sites is 2. The molecule has 3 heteroatoms. The molecule has 2 aromatic heterocycles. The Labute approximate surface area is 428 Å². The van der Waals surface area contributed by atoms with Crippen LogP contribution in [0.3, 0.4) is 0 Å². The second-order valence-electron chi connectivity index (χ2n) is 20.0. The maximum Gasteiger partial charge on any atom is 0.160 e. The van der Waals surface area contributed by atoms with Gasteiger partial charge in [0.15, 0.2) is 5.82 Å². The summed E-state index contributed by atoms with van der Waals surface area (Å²) < 4.78 is 2.43. The Kier molecular flexibility index (Phi) is 8.66. The van der Waals surface area contributed by atoms with E-state index in [4.69, 9.17) is 9.97 Å². The fourth-order valence-corrected chi connectivity index (χ4v) is 13.1. The summed E-state index contributed by atoms with van der Waals surface area (Å²) in [4.78, 5) is 11.0. The van der Waals surface area contributed by atoms with Crippen LogP contribution in [0.2, 0.25) is 0 Å². The molecule has 0 aliphatic heterocycles. The molecule has 12 aromatic carbocycles. The maximum atomic E-state index is 5.52. The molecule has 0 saturated carbocycles. The van der Waals surface area contributed by atoms with Gasteiger partial charge in [0.1, 0.15) is 0 Å². The minimum absolute atomic E-state index is 0.476. The van der Waals surface area contributed by atoms with Crippen LogP contribution >= 0.6 is 0 Å². The first-order valence-electron chi connectivity index (χ1n) is 25.6. The van der Waals surface area contributed by atoms with Crippen molar-refractivity contribution in [2.24, 2.45) is 0 Å². The molecule has 0 N–H and O–H groups in total. The summed E-state index contributed by atoms with van der Waals surface area (Å²) in [6, 6.07) is 95.9. The number of rotatable bonds is 5. The van der Waals surface area contributed by atoms with Crippen LogP contribution in [-0.2, 0) is 5.41 Å². The third-order valence-electron chi connectivity index (χ3n) is 16.2. The molecule has 3 nitrogen and oxygen atoms in total. The largest absolute Gasteiger partial charge is 0.309 e. The summed E-state index contributed by atoms with van der Waals surface area (Å²) in [5.41, 5.74) is 20.2. The zero-order valence-electron chi connectivity index (χ0n) is 40.2. The van der Waals surface area contributed by atoms with Crippen LogP contribution in [0.25, 0.3) is 127 Å². The standard InChI is InChI=1S/C71H43N3/c1-2-18-44(19-3-1)70-72-66(46-35-37-58-57-26-10-15-31-64(57)71(65(58)42-46)62-29-13-8-24-55(62)56-25-9-14-30-63(56)71)43-67(73-70)48-38-47(39-49(40-48)74-68-32-16-11-27-59(68)60-28-12-17-33-69(60)74)45-34-36-54-52-22-5-4-20-50(52)51-21-6-7-23-53(51)61(54)41-45/h1-43H. The summed E-state index contributed by atoms with van der Waals surface area (Å²) >= 11 is 0. The normalized spacial score (nSPS) is 13.0. The van der Waals surface area contributed by atoms with Crippen LogP contribution in [0.5, 0.6) is 0 Å². The molecule has 2 aliphatic rings. The van der Waals surface area contributed by atoms with E-state index in [0.29, 0.717) is 5.82 Å². The van der Waals surface area contributed by atoms with Gasteiger partial charge in [-0.25, -0.2) is 9.97 Å². The molecule has 0 unspecified atom stereocenters. The SMILES string of the molecule is c1ccc(-c2nc(-c3cc(-c4ccc5c6ccccc6c6ccccc6c5c4)cc(-n4c5ccccc5c5ccccc54)c3)cc(-c3ccc4c(c3)C3(c5ccccc5-c5ccccc53)c3ccccc3-4)n2)cc1. The van der Waals surface area contributed by atoms with E-state index in [1.54, 1.807) is 0 Å². The number of fused-ring (bicyclic) bond motifs is 19. The Morgan fingerprint density at radius 2 is 0.703 bits per heavy atom. The van der Waals surface area contributed by atoms with Crippen LogP contribution in [0.4, 0.5) is 0 Å². The van der Waals surface area contributed by atoms with Gasteiger partial charge in [-0.3, -0.25) is 0 Å². The predicted molar refractivity (Wildman–Crippen MR) is 307 cm³/mol. The smallest absolute Gasteiger partial charge is 0.160 e. The average molecular weight is 938 g/mol. The Morgan fingerprint density at radius 1 is 0.257 bits per heavy atom. The molecule has 0 radical (unpaired) electrons. The summed E-state index contributed by atoms with van der Waals surface area (Å²) in [7, 11) is 0. The van der Waals surface area contributed by atoms with E-state index in [2.05, 4.69) is 265 Å². The van der Waals surface area contributed by atoms with Gasteiger partial charge < -0.3 is 4.57 Å². The number of hydrogen-bond donors (Lipinski definition) is 0. The highest BCUT2D eigenvalue weighted by atomic mass is 15.0. The molecular weight excluding hydrogens is 895 g/mol. The molecule has 74 heavy (non-hydrogen) atoms. The Hall–Kier alpha value is -9.70. The molecule has 0 bridgehead atoms. The van der Waals surface area contributed by atoms with Crippen LogP contribution in [0.15, 0.2) is 261 Å². The third kappa shape index (κ3) is 5.78. The molecule has 342 valence electrons. The van der Waals surface area contributed by atoms with Gasteiger partial charge in [-0.2, -0.15) is 0 Å². The summed E-state index contributed by atoms with van der Waals surface area (Å²) in [6.07, 6.45) is 0. The zero-order chi connectivity index (χ0) is 48.5. The second kappa shape index (κ2) is 15.6. The van der Waals surface area contributed by atoms with Crippen molar-refractivity contribution in [3.8, 4) is 73.0 Å². The number of aromatic nitrogens is 3. The molecule has 2 aliphatic carbocycles. The monoisotopic (exact) mass is 937 g/mol. The van der Waals surface area contributed by atoms with Gasteiger partial charge in [-0.05, 0) is 136 Å². The highest BCUT2D eigenvalue weighted by Gasteiger charge is 2.51. The topological polar surface area (TPSA) is 30.7 Å². The van der Waals surface area contributed by atoms with Gasteiger partial charge in [0.25, 0.3) is 0 Å². The summed E-state index contributed by atoms with van der Waals surface area (Å²) in [6.45, 7) is 0. The first-order chi connectivity index (χ1) is 36.7. The molecule has 14 aromatic rings. The fourth-order valence-electron chi connectivity index (χ4n) is 13.1. The summed E-state index contributed by atoms with van der Waals surface area (Å²) in [5.74, 6) is 0.682. The van der Waals surface area contributed by atoms with Crippen molar-refractivity contribution in [3.63, 3.8) is 0 Å². The van der Waals surface area contributed by atoms with Gasteiger partial charge in [-0.1, -0.05) is 212 Å². The lowest BCUT2D eigenvalue weighted by Crippen LogP contribution is -2.25. The lowest BCUT2D eigenvalue weighted by molar-refractivity contribution is 0.794. The highest BCUT2D eigenvalue weighted by Crippen LogP contribution is 2.63. The van der Waals surface area contributed by atoms with E-state index in [9.17, 15) is 0 Å². The van der Waals surface area contributed by atoms with Gasteiger partial charge in [-0.15, -0.1) is 0 Å².